The average Bonchev–Trinajstić information content (AvgIpc) is 2.27. The zero-order valence-corrected chi connectivity index (χ0v) is 12.2. The van der Waals surface area contributed by atoms with Gasteiger partial charge in [0.2, 0.25) is 0 Å². The fraction of sp³-hybridized carbons (Fsp3) is 0.533. The molecule has 0 saturated carbocycles. The molecule has 18 heavy (non-hydrogen) atoms. The van der Waals surface area contributed by atoms with E-state index in [0.717, 1.165) is 17.7 Å². The van der Waals surface area contributed by atoms with Crippen molar-refractivity contribution < 1.29 is 9.53 Å². The smallest absolute Gasteiger partial charge is 0.186 e. The molecular weight excluding hydrogens is 226 g/mol. The molecule has 0 aliphatic rings. The minimum atomic E-state index is -0.581. The van der Waals surface area contributed by atoms with Crippen LogP contribution in [0, 0.1) is 13.8 Å². The van der Waals surface area contributed by atoms with Gasteiger partial charge in [-0.05, 0) is 51.4 Å². The molecule has 0 heterocycles. The highest BCUT2D eigenvalue weighted by Gasteiger charge is 2.30. The lowest BCUT2D eigenvalue weighted by atomic mass is 9.89. The molecule has 0 fully saturated rings. The number of rotatable bonds is 5. The third-order valence-corrected chi connectivity index (χ3v) is 3.08. The molecule has 3 nitrogen and oxygen atoms in total. The summed E-state index contributed by atoms with van der Waals surface area (Å²) in [7, 11) is 1.60. The van der Waals surface area contributed by atoms with Gasteiger partial charge in [-0.3, -0.25) is 4.79 Å². The van der Waals surface area contributed by atoms with Crippen molar-refractivity contribution in [2.45, 2.75) is 40.2 Å². The highest BCUT2D eigenvalue weighted by Crippen LogP contribution is 2.28. The van der Waals surface area contributed by atoms with Gasteiger partial charge in [-0.15, -0.1) is 0 Å². The second kappa shape index (κ2) is 5.53. The van der Waals surface area contributed by atoms with Crippen molar-refractivity contribution in [3.63, 3.8) is 0 Å². The molecule has 1 aromatic carbocycles. The average molecular weight is 249 g/mol. The van der Waals surface area contributed by atoms with Crippen LogP contribution in [0.1, 0.15) is 42.3 Å². The molecule has 3 heteroatoms. The molecule has 0 radical (unpaired) electrons. The first-order valence-electron chi connectivity index (χ1n) is 6.28. The maximum atomic E-state index is 12.6. The maximum absolute atomic E-state index is 12.6. The predicted molar refractivity (Wildman–Crippen MR) is 74.6 cm³/mol. The minimum Gasteiger partial charge on any atom is -0.496 e. The van der Waals surface area contributed by atoms with Gasteiger partial charge in [0, 0.05) is 0 Å². The third kappa shape index (κ3) is 2.91. The Morgan fingerprint density at radius 1 is 1.33 bits per heavy atom. The normalized spacial score (nSPS) is 11.4. The Hall–Kier alpha value is -1.35. The summed E-state index contributed by atoms with van der Waals surface area (Å²) in [5.74, 6) is 0.724. The molecule has 0 unspecified atom stereocenters. The van der Waals surface area contributed by atoms with Crippen LogP contribution in [0.4, 0.5) is 0 Å². The van der Waals surface area contributed by atoms with E-state index in [0.29, 0.717) is 11.3 Å². The fourth-order valence-corrected chi connectivity index (χ4v) is 2.22. The number of Topliss-reactive ketones (excluding diaryl/α,β-unsaturated/α-hetero) is 1. The summed E-state index contributed by atoms with van der Waals surface area (Å²) in [6.07, 6.45) is 0. The summed E-state index contributed by atoms with van der Waals surface area (Å²) in [5.41, 5.74) is 2.15. The van der Waals surface area contributed by atoms with E-state index in [1.165, 1.54) is 0 Å². The van der Waals surface area contributed by atoms with Gasteiger partial charge in [0.25, 0.3) is 0 Å². The first kappa shape index (κ1) is 14.7. The Morgan fingerprint density at radius 3 is 2.44 bits per heavy atom. The maximum Gasteiger partial charge on any atom is 0.186 e. The number of nitrogens with one attached hydrogen (secondary N) is 1. The number of ether oxygens (including phenoxy) is 1. The van der Waals surface area contributed by atoms with Gasteiger partial charge in [0.15, 0.2) is 5.78 Å². The van der Waals surface area contributed by atoms with Gasteiger partial charge in [-0.1, -0.05) is 13.0 Å². The number of carbonyl (C=O) groups is 1. The zero-order valence-electron chi connectivity index (χ0n) is 12.2. The molecule has 1 rings (SSSR count). The van der Waals surface area contributed by atoms with Crippen molar-refractivity contribution in [1.82, 2.24) is 5.32 Å². The lowest BCUT2D eigenvalue weighted by Crippen LogP contribution is -2.46. The Balaban J connectivity index is 3.28. The van der Waals surface area contributed by atoms with Gasteiger partial charge in [0.05, 0.1) is 18.2 Å². The summed E-state index contributed by atoms with van der Waals surface area (Å²) in [4.78, 5) is 12.6. The number of hydrogen-bond acceptors (Lipinski definition) is 3. The van der Waals surface area contributed by atoms with Crippen LogP contribution in [-0.2, 0) is 0 Å². The molecule has 100 valence electrons. The molecule has 0 aliphatic carbocycles. The van der Waals surface area contributed by atoms with Crippen molar-refractivity contribution in [3.05, 3.63) is 28.8 Å². The van der Waals surface area contributed by atoms with Crippen molar-refractivity contribution in [1.29, 1.82) is 0 Å². The predicted octanol–water partition coefficient (Wildman–Crippen LogP) is 2.88. The second-order valence-corrected chi connectivity index (χ2v) is 5.14. The summed E-state index contributed by atoms with van der Waals surface area (Å²) in [6.45, 7) is 10.5. The fourth-order valence-electron chi connectivity index (χ4n) is 2.22. The number of hydrogen-bond donors (Lipinski definition) is 1. The molecule has 0 spiro atoms. The Bertz CT molecular complexity index is 450. The van der Waals surface area contributed by atoms with Crippen molar-refractivity contribution in [2.75, 3.05) is 13.7 Å². The molecule has 1 aromatic rings. The molecule has 0 saturated heterocycles. The number of carbonyl (C=O) groups excluding carboxylic acids is 1. The van der Waals surface area contributed by atoms with Crippen LogP contribution < -0.4 is 10.1 Å². The zero-order chi connectivity index (χ0) is 13.9. The highest BCUT2D eigenvalue weighted by atomic mass is 16.5. The van der Waals surface area contributed by atoms with Crippen LogP contribution in [0.25, 0.3) is 0 Å². The van der Waals surface area contributed by atoms with E-state index in [2.05, 4.69) is 5.32 Å². The standard InChI is InChI=1S/C15H23NO2/c1-7-16-15(4,5)14(17)13-11(3)8-10(2)9-12(13)18-6/h8-9,16H,7H2,1-6H3. The van der Waals surface area contributed by atoms with E-state index in [-0.39, 0.29) is 5.78 Å². The summed E-state index contributed by atoms with van der Waals surface area (Å²) in [6, 6.07) is 3.92. The summed E-state index contributed by atoms with van der Waals surface area (Å²) in [5, 5.41) is 3.21. The topological polar surface area (TPSA) is 38.3 Å². The molecule has 0 atom stereocenters. The molecule has 0 amide bonds. The number of methoxy groups -OCH3 is 1. The highest BCUT2D eigenvalue weighted by molar-refractivity contribution is 6.06. The third-order valence-electron chi connectivity index (χ3n) is 3.08. The monoisotopic (exact) mass is 249 g/mol. The molecule has 0 aromatic heterocycles. The molecule has 0 bridgehead atoms. The molecule has 1 N–H and O–H groups in total. The molecular formula is C15H23NO2. The first-order chi connectivity index (χ1) is 8.33. The van der Waals surface area contributed by atoms with Crippen LogP contribution >= 0.6 is 0 Å². The van der Waals surface area contributed by atoms with Gasteiger partial charge >= 0.3 is 0 Å². The number of ketones is 1. The number of benzene rings is 1. The second-order valence-electron chi connectivity index (χ2n) is 5.14. The van der Waals surface area contributed by atoms with Crippen LogP contribution in [0.5, 0.6) is 5.75 Å². The van der Waals surface area contributed by atoms with E-state index in [1.807, 2.05) is 46.8 Å². The summed E-state index contributed by atoms with van der Waals surface area (Å²) < 4.78 is 5.35. The largest absolute Gasteiger partial charge is 0.496 e. The van der Waals surface area contributed by atoms with E-state index >= 15 is 0 Å². The Kier molecular flexibility index (Phi) is 4.52. The lowest BCUT2D eigenvalue weighted by Gasteiger charge is -2.26. The van der Waals surface area contributed by atoms with Crippen LogP contribution in [0.3, 0.4) is 0 Å². The van der Waals surface area contributed by atoms with Crippen LogP contribution in [-0.4, -0.2) is 25.0 Å². The van der Waals surface area contributed by atoms with Crippen LogP contribution in [0.2, 0.25) is 0 Å². The Labute approximate surface area is 110 Å². The number of likely N-dealkylation sites (N-methyl/N-ethyl adjacent to an activating group) is 1. The lowest BCUT2D eigenvalue weighted by molar-refractivity contribution is 0.0880. The first-order valence-corrected chi connectivity index (χ1v) is 6.28. The van der Waals surface area contributed by atoms with E-state index in [4.69, 9.17) is 4.74 Å². The van der Waals surface area contributed by atoms with Crippen molar-refractivity contribution in [2.24, 2.45) is 0 Å². The summed E-state index contributed by atoms with van der Waals surface area (Å²) >= 11 is 0. The van der Waals surface area contributed by atoms with E-state index in [1.54, 1.807) is 7.11 Å². The van der Waals surface area contributed by atoms with Crippen molar-refractivity contribution in [3.8, 4) is 5.75 Å². The SMILES string of the molecule is CCNC(C)(C)C(=O)c1c(C)cc(C)cc1OC. The van der Waals surface area contributed by atoms with Crippen molar-refractivity contribution >= 4 is 5.78 Å². The number of aryl methyl sites for hydroxylation is 2. The quantitative estimate of drug-likeness (QED) is 0.815. The van der Waals surface area contributed by atoms with Gasteiger partial charge < -0.3 is 10.1 Å². The Morgan fingerprint density at radius 2 is 1.94 bits per heavy atom. The van der Waals surface area contributed by atoms with Gasteiger partial charge in [-0.2, -0.15) is 0 Å². The van der Waals surface area contributed by atoms with Crippen LogP contribution in [0.15, 0.2) is 12.1 Å². The van der Waals surface area contributed by atoms with E-state index < -0.39 is 5.54 Å². The van der Waals surface area contributed by atoms with Gasteiger partial charge in [-0.25, -0.2) is 0 Å². The minimum absolute atomic E-state index is 0.0682. The van der Waals surface area contributed by atoms with E-state index in [9.17, 15) is 4.79 Å². The van der Waals surface area contributed by atoms with Gasteiger partial charge in [0.1, 0.15) is 5.75 Å². The molecule has 0 aliphatic heterocycles.